The lowest BCUT2D eigenvalue weighted by Gasteiger charge is -2.26. The minimum Gasteiger partial charge on any atom is -0.504 e. The molecule has 0 spiro atoms. The van der Waals surface area contributed by atoms with E-state index in [-0.39, 0.29) is 17.6 Å². The molecule has 0 bridgehead atoms. The molecule has 1 fully saturated rings. The summed E-state index contributed by atoms with van der Waals surface area (Å²) in [6.45, 7) is 1.97. The Morgan fingerprint density at radius 2 is 2.22 bits per heavy atom. The second kappa shape index (κ2) is 5.65. The molecule has 1 atom stereocenters. The molecule has 6 heteroatoms. The minimum absolute atomic E-state index is 0.0319. The van der Waals surface area contributed by atoms with E-state index in [1.807, 2.05) is 0 Å². The number of benzene rings is 1. The molecule has 1 aliphatic heterocycles. The van der Waals surface area contributed by atoms with E-state index in [1.54, 1.807) is 6.07 Å². The molecule has 0 aliphatic carbocycles. The summed E-state index contributed by atoms with van der Waals surface area (Å²) in [4.78, 5) is 0. The number of phenols is 1. The van der Waals surface area contributed by atoms with Crippen LogP contribution in [0.2, 0.25) is 5.02 Å². The van der Waals surface area contributed by atoms with Gasteiger partial charge in [-0.25, -0.2) is 0 Å². The molecular weight excluding hydrogens is 258 g/mol. The predicted octanol–water partition coefficient (Wildman–Crippen LogP) is 1.72. The zero-order valence-electron chi connectivity index (χ0n) is 10.3. The van der Waals surface area contributed by atoms with Crippen LogP contribution in [0.15, 0.2) is 6.07 Å². The maximum absolute atomic E-state index is 10.2. The number of nitrogens with one attached hydrogen (secondary N) is 1. The van der Waals surface area contributed by atoms with Crippen LogP contribution >= 0.6 is 11.6 Å². The highest BCUT2D eigenvalue weighted by atomic mass is 35.5. The summed E-state index contributed by atoms with van der Waals surface area (Å²) in [6.07, 6.45) is -0.286. The molecule has 0 aromatic heterocycles. The summed E-state index contributed by atoms with van der Waals surface area (Å²) in [5, 5.41) is 13.8. The smallest absolute Gasteiger partial charge is 0.203 e. The molecule has 0 saturated carbocycles. The van der Waals surface area contributed by atoms with Gasteiger partial charge in [-0.1, -0.05) is 11.6 Å². The lowest BCUT2D eigenvalue weighted by molar-refractivity contribution is 0.0261. The highest BCUT2D eigenvalue weighted by molar-refractivity contribution is 6.32. The third kappa shape index (κ3) is 2.34. The van der Waals surface area contributed by atoms with Crippen LogP contribution in [-0.2, 0) is 4.74 Å². The molecule has 5 nitrogen and oxygen atoms in total. The lowest BCUT2D eigenvalue weighted by atomic mass is 10.1. The van der Waals surface area contributed by atoms with E-state index in [0.717, 1.165) is 6.54 Å². The van der Waals surface area contributed by atoms with Crippen molar-refractivity contribution in [1.82, 2.24) is 5.32 Å². The van der Waals surface area contributed by atoms with Gasteiger partial charge in [0.05, 0.1) is 25.8 Å². The maximum atomic E-state index is 10.2. The molecule has 1 unspecified atom stereocenters. The highest BCUT2D eigenvalue weighted by Crippen LogP contribution is 2.46. The van der Waals surface area contributed by atoms with Gasteiger partial charge in [0.2, 0.25) is 5.75 Å². The minimum atomic E-state index is -0.286. The number of methoxy groups -OCH3 is 2. The molecule has 1 aromatic rings. The van der Waals surface area contributed by atoms with Gasteiger partial charge in [-0.3, -0.25) is 0 Å². The molecule has 100 valence electrons. The van der Waals surface area contributed by atoms with E-state index in [4.69, 9.17) is 25.8 Å². The molecule has 1 aromatic carbocycles. The number of hydrogen-bond donors (Lipinski definition) is 2. The standard InChI is InChI=1S/C12H16ClNO4/c1-16-8-5-7(13)10(11(15)12(8)17-2)9-6-14-3-4-18-9/h5,9,14-15H,3-4,6H2,1-2H3. The number of rotatable bonds is 3. The number of halogens is 1. The summed E-state index contributed by atoms with van der Waals surface area (Å²) in [7, 11) is 2.96. The number of hydrogen-bond acceptors (Lipinski definition) is 5. The molecule has 2 rings (SSSR count). The summed E-state index contributed by atoms with van der Waals surface area (Å²) >= 11 is 6.17. The largest absolute Gasteiger partial charge is 0.504 e. The SMILES string of the molecule is COc1cc(Cl)c(C2CNCCO2)c(O)c1OC. The van der Waals surface area contributed by atoms with Gasteiger partial charge in [-0.05, 0) is 0 Å². The zero-order valence-corrected chi connectivity index (χ0v) is 11.1. The maximum Gasteiger partial charge on any atom is 0.203 e. The molecule has 0 radical (unpaired) electrons. The van der Waals surface area contributed by atoms with E-state index in [1.165, 1.54) is 14.2 Å². The first-order valence-electron chi connectivity index (χ1n) is 5.64. The summed E-state index contributed by atoms with van der Waals surface area (Å²) in [5.74, 6) is 0.633. The Morgan fingerprint density at radius 3 is 2.78 bits per heavy atom. The molecule has 1 aliphatic rings. The summed E-state index contributed by atoms with van der Waals surface area (Å²) < 4.78 is 15.9. The average molecular weight is 274 g/mol. The van der Waals surface area contributed by atoms with Gasteiger partial charge in [0.25, 0.3) is 0 Å². The van der Waals surface area contributed by atoms with Crippen LogP contribution in [0.25, 0.3) is 0 Å². The molecule has 1 saturated heterocycles. The van der Waals surface area contributed by atoms with Gasteiger partial charge in [0, 0.05) is 24.7 Å². The topological polar surface area (TPSA) is 60.0 Å². The normalized spacial score (nSPS) is 19.6. The van der Waals surface area contributed by atoms with Crippen molar-refractivity contribution in [2.45, 2.75) is 6.10 Å². The van der Waals surface area contributed by atoms with E-state index in [2.05, 4.69) is 5.32 Å². The summed E-state index contributed by atoms with van der Waals surface area (Å²) in [5.41, 5.74) is 0.529. The van der Waals surface area contributed by atoms with Gasteiger partial charge in [-0.15, -0.1) is 0 Å². The Kier molecular flexibility index (Phi) is 4.16. The number of ether oxygens (including phenoxy) is 3. The van der Waals surface area contributed by atoms with Crippen molar-refractivity contribution in [2.24, 2.45) is 0 Å². The fourth-order valence-corrected chi connectivity index (χ4v) is 2.33. The first-order valence-corrected chi connectivity index (χ1v) is 6.02. The van der Waals surface area contributed by atoms with E-state index < -0.39 is 0 Å². The van der Waals surface area contributed by atoms with Crippen LogP contribution in [0.3, 0.4) is 0 Å². The third-order valence-electron chi connectivity index (χ3n) is 2.88. The monoisotopic (exact) mass is 273 g/mol. The average Bonchev–Trinajstić information content (AvgIpc) is 2.39. The second-order valence-corrected chi connectivity index (χ2v) is 4.33. The zero-order chi connectivity index (χ0) is 13.1. The molecule has 18 heavy (non-hydrogen) atoms. The molecular formula is C12H16ClNO4. The van der Waals surface area contributed by atoms with Crippen molar-refractivity contribution in [1.29, 1.82) is 0 Å². The second-order valence-electron chi connectivity index (χ2n) is 3.92. The van der Waals surface area contributed by atoms with E-state index >= 15 is 0 Å². The first-order chi connectivity index (χ1) is 8.69. The predicted molar refractivity (Wildman–Crippen MR) is 67.8 cm³/mol. The highest BCUT2D eigenvalue weighted by Gasteiger charge is 2.26. The van der Waals surface area contributed by atoms with Crippen LogP contribution in [0.5, 0.6) is 17.2 Å². The Labute approximate surface area is 111 Å². The Balaban J connectivity index is 2.46. The van der Waals surface area contributed by atoms with Crippen LogP contribution in [0.4, 0.5) is 0 Å². The van der Waals surface area contributed by atoms with Crippen LogP contribution < -0.4 is 14.8 Å². The molecule has 2 N–H and O–H groups in total. The van der Waals surface area contributed by atoms with Crippen LogP contribution in [0, 0.1) is 0 Å². The number of phenolic OH excluding ortho intramolecular Hbond substituents is 1. The van der Waals surface area contributed by atoms with Gasteiger partial charge in [0.1, 0.15) is 6.10 Å². The van der Waals surface area contributed by atoms with Gasteiger partial charge in [0.15, 0.2) is 11.5 Å². The van der Waals surface area contributed by atoms with Crippen LogP contribution in [-0.4, -0.2) is 39.0 Å². The summed E-state index contributed by atoms with van der Waals surface area (Å²) in [6, 6.07) is 1.62. The molecule has 1 heterocycles. The van der Waals surface area contributed by atoms with Gasteiger partial charge >= 0.3 is 0 Å². The lowest BCUT2D eigenvalue weighted by Crippen LogP contribution is -2.33. The Bertz CT molecular complexity index is 433. The quantitative estimate of drug-likeness (QED) is 0.878. The Morgan fingerprint density at radius 1 is 1.44 bits per heavy atom. The molecule has 0 amide bonds. The van der Waals surface area contributed by atoms with E-state index in [0.29, 0.717) is 29.5 Å². The number of aromatic hydroxyl groups is 1. The van der Waals surface area contributed by atoms with Gasteiger partial charge in [-0.2, -0.15) is 0 Å². The first kappa shape index (κ1) is 13.3. The van der Waals surface area contributed by atoms with Gasteiger partial charge < -0.3 is 24.6 Å². The van der Waals surface area contributed by atoms with E-state index in [9.17, 15) is 5.11 Å². The van der Waals surface area contributed by atoms with Crippen molar-refractivity contribution in [2.75, 3.05) is 33.9 Å². The third-order valence-corrected chi connectivity index (χ3v) is 3.20. The van der Waals surface area contributed by atoms with Crippen molar-refractivity contribution < 1.29 is 19.3 Å². The fourth-order valence-electron chi connectivity index (χ4n) is 2.02. The fraction of sp³-hybridized carbons (Fsp3) is 0.500. The Hall–Kier alpha value is -1.17. The van der Waals surface area contributed by atoms with Crippen molar-refractivity contribution in [3.63, 3.8) is 0 Å². The van der Waals surface area contributed by atoms with Crippen molar-refractivity contribution in [3.05, 3.63) is 16.7 Å². The van der Waals surface area contributed by atoms with Crippen molar-refractivity contribution in [3.8, 4) is 17.2 Å². The number of morpholine rings is 1. The van der Waals surface area contributed by atoms with Crippen LogP contribution in [0.1, 0.15) is 11.7 Å². The van der Waals surface area contributed by atoms with Crippen molar-refractivity contribution >= 4 is 11.6 Å².